The normalized spacial score (nSPS) is 13.5. The van der Waals surface area contributed by atoms with Gasteiger partial charge in [-0.3, -0.25) is 9.69 Å². The molecule has 0 saturated carbocycles. The van der Waals surface area contributed by atoms with Gasteiger partial charge in [0.15, 0.2) is 11.5 Å². The molecule has 0 aliphatic carbocycles. The zero-order valence-corrected chi connectivity index (χ0v) is 17.8. The zero-order chi connectivity index (χ0) is 23.7. The van der Waals surface area contributed by atoms with Gasteiger partial charge in [-0.1, -0.05) is 12.1 Å². The fourth-order valence-corrected chi connectivity index (χ4v) is 3.15. The van der Waals surface area contributed by atoms with Gasteiger partial charge in [-0.15, -0.1) is 0 Å². The van der Waals surface area contributed by atoms with E-state index in [1.165, 1.54) is 12.1 Å². The number of nitrogens with zero attached hydrogens (tertiary/aromatic N) is 2. The van der Waals surface area contributed by atoms with Crippen molar-refractivity contribution < 1.29 is 38.5 Å². The Hall–Kier alpha value is -3.66. The number of piperazine rings is 1. The zero-order valence-electron chi connectivity index (χ0n) is 17.8. The Morgan fingerprint density at radius 3 is 2.06 bits per heavy atom. The summed E-state index contributed by atoms with van der Waals surface area (Å²) in [4.78, 5) is 34.7. The van der Waals surface area contributed by atoms with Crippen molar-refractivity contribution in [3.05, 3.63) is 59.4 Å². The van der Waals surface area contributed by atoms with Crippen LogP contribution in [0.3, 0.4) is 0 Å². The second-order valence-electron chi connectivity index (χ2n) is 6.88. The summed E-state index contributed by atoms with van der Waals surface area (Å²) in [6.07, 6.45) is 0. The van der Waals surface area contributed by atoms with Gasteiger partial charge in [0, 0.05) is 38.3 Å². The summed E-state index contributed by atoms with van der Waals surface area (Å²) in [5.74, 6) is -2.73. The van der Waals surface area contributed by atoms with Crippen LogP contribution in [-0.4, -0.2) is 78.3 Å². The van der Waals surface area contributed by atoms with Crippen molar-refractivity contribution in [2.75, 3.05) is 40.4 Å². The standard InChI is InChI=1S/C20H23FN2O3.C2H2O4/c1-25-18-7-6-15(12-19(18)26-2)14-22-8-10-23(11-9-22)20(24)16-4-3-5-17(21)13-16;3-1(4)2(5)6/h3-7,12-13H,8-11,14H2,1-2H3;(H,3,4)(H,5,6). The summed E-state index contributed by atoms with van der Waals surface area (Å²) in [5, 5.41) is 14.8. The van der Waals surface area contributed by atoms with Gasteiger partial charge < -0.3 is 24.6 Å². The summed E-state index contributed by atoms with van der Waals surface area (Å²) in [6.45, 7) is 3.58. The first-order chi connectivity index (χ1) is 15.2. The van der Waals surface area contributed by atoms with Gasteiger partial charge in [0.25, 0.3) is 5.91 Å². The monoisotopic (exact) mass is 448 g/mol. The van der Waals surface area contributed by atoms with Crippen LogP contribution in [0, 0.1) is 5.82 Å². The number of halogens is 1. The Kier molecular flexibility index (Phi) is 8.96. The SMILES string of the molecule is COc1ccc(CN2CCN(C(=O)c3cccc(F)c3)CC2)cc1OC.O=C(O)C(=O)O. The Balaban J connectivity index is 0.000000534. The fraction of sp³-hybridized carbons (Fsp3) is 0.318. The highest BCUT2D eigenvalue weighted by Crippen LogP contribution is 2.28. The van der Waals surface area contributed by atoms with Crippen molar-refractivity contribution in [3.63, 3.8) is 0 Å². The highest BCUT2D eigenvalue weighted by atomic mass is 19.1. The van der Waals surface area contributed by atoms with Crippen LogP contribution in [0.25, 0.3) is 0 Å². The molecule has 1 aliphatic heterocycles. The summed E-state index contributed by atoms with van der Waals surface area (Å²) in [7, 11) is 3.24. The molecule has 1 heterocycles. The maximum Gasteiger partial charge on any atom is 0.414 e. The average Bonchev–Trinajstić information content (AvgIpc) is 2.79. The van der Waals surface area contributed by atoms with Crippen LogP contribution in [0.4, 0.5) is 4.39 Å². The van der Waals surface area contributed by atoms with E-state index in [1.807, 2.05) is 18.2 Å². The molecular formula is C22H25FN2O7. The Morgan fingerprint density at radius 1 is 0.906 bits per heavy atom. The molecule has 0 unspecified atom stereocenters. The number of methoxy groups -OCH3 is 2. The van der Waals surface area contributed by atoms with E-state index in [-0.39, 0.29) is 11.7 Å². The molecular weight excluding hydrogens is 423 g/mol. The lowest BCUT2D eigenvalue weighted by atomic mass is 10.1. The van der Waals surface area contributed by atoms with Crippen LogP contribution >= 0.6 is 0 Å². The van der Waals surface area contributed by atoms with E-state index in [4.69, 9.17) is 29.3 Å². The lowest BCUT2D eigenvalue weighted by Gasteiger charge is -2.34. The Labute approximate surface area is 184 Å². The molecule has 1 aliphatic rings. The molecule has 9 nitrogen and oxygen atoms in total. The van der Waals surface area contributed by atoms with Gasteiger partial charge in [0.2, 0.25) is 0 Å². The van der Waals surface area contributed by atoms with E-state index < -0.39 is 11.9 Å². The molecule has 1 amide bonds. The minimum Gasteiger partial charge on any atom is -0.493 e. The van der Waals surface area contributed by atoms with Gasteiger partial charge in [-0.2, -0.15) is 0 Å². The highest BCUT2D eigenvalue weighted by Gasteiger charge is 2.22. The number of hydrogen-bond acceptors (Lipinski definition) is 6. The van der Waals surface area contributed by atoms with E-state index in [0.717, 1.165) is 25.2 Å². The third-order valence-corrected chi connectivity index (χ3v) is 4.77. The molecule has 0 atom stereocenters. The molecule has 3 rings (SSSR count). The number of amides is 1. The highest BCUT2D eigenvalue weighted by molar-refractivity contribution is 6.27. The number of hydrogen-bond donors (Lipinski definition) is 2. The summed E-state index contributed by atoms with van der Waals surface area (Å²) in [6, 6.07) is 11.8. The Bertz CT molecular complexity index is 947. The molecule has 1 saturated heterocycles. The fourth-order valence-electron chi connectivity index (χ4n) is 3.15. The first-order valence-corrected chi connectivity index (χ1v) is 9.69. The molecule has 2 N–H and O–H groups in total. The van der Waals surface area contributed by atoms with Gasteiger partial charge in [-0.05, 0) is 35.9 Å². The number of ether oxygens (including phenoxy) is 2. The number of carboxylic acid groups (broad SMARTS) is 2. The van der Waals surface area contributed by atoms with Crippen molar-refractivity contribution in [2.24, 2.45) is 0 Å². The first kappa shape index (κ1) is 24.6. The number of carbonyl (C=O) groups excluding carboxylic acids is 1. The van der Waals surface area contributed by atoms with E-state index in [2.05, 4.69) is 4.90 Å². The molecule has 32 heavy (non-hydrogen) atoms. The number of rotatable bonds is 5. The van der Waals surface area contributed by atoms with Gasteiger partial charge >= 0.3 is 11.9 Å². The molecule has 0 radical (unpaired) electrons. The number of aliphatic carboxylic acids is 2. The largest absolute Gasteiger partial charge is 0.493 e. The number of carboxylic acids is 2. The van der Waals surface area contributed by atoms with Gasteiger partial charge in [0.05, 0.1) is 14.2 Å². The van der Waals surface area contributed by atoms with E-state index in [0.29, 0.717) is 30.2 Å². The smallest absolute Gasteiger partial charge is 0.414 e. The van der Waals surface area contributed by atoms with Crippen molar-refractivity contribution >= 4 is 17.8 Å². The van der Waals surface area contributed by atoms with Crippen molar-refractivity contribution in [2.45, 2.75) is 6.54 Å². The van der Waals surface area contributed by atoms with Crippen LogP contribution in [0.2, 0.25) is 0 Å². The molecule has 0 aromatic heterocycles. The number of carbonyl (C=O) groups is 3. The van der Waals surface area contributed by atoms with Crippen LogP contribution in [0.5, 0.6) is 11.5 Å². The quantitative estimate of drug-likeness (QED) is 0.667. The van der Waals surface area contributed by atoms with Crippen molar-refractivity contribution in [1.82, 2.24) is 9.80 Å². The van der Waals surface area contributed by atoms with Crippen LogP contribution < -0.4 is 9.47 Å². The van der Waals surface area contributed by atoms with Crippen LogP contribution in [-0.2, 0) is 16.1 Å². The third-order valence-electron chi connectivity index (χ3n) is 4.77. The van der Waals surface area contributed by atoms with Crippen LogP contribution in [0.1, 0.15) is 15.9 Å². The predicted octanol–water partition coefficient (Wildman–Crippen LogP) is 1.96. The minimum absolute atomic E-state index is 0.115. The summed E-state index contributed by atoms with van der Waals surface area (Å²) < 4.78 is 23.9. The Morgan fingerprint density at radius 2 is 1.53 bits per heavy atom. The van der Waals surface area contributed by atoms with E-state index >= 15 is 0 Å². The minimum atomic E-state index is -1.82. The number of benzene rings is 2. The molecule has 0 spiro atoms. The average molecular weight is 448 g/mol. The molecule has 172 valence electrons. The maximum atomic E-state index is 13.3. The summed E-state index contributed by atoms with van der Waals surface area (Å²) in [5.41, 5.74) is 1.53. The molecule has 0 bridgehead atoms. The molecule has 10 heteroatoms. The van der Waals surface area contributed by atoms with Crippen molar-refractivity contribution in [3.8, 4) is 11.5 Å². The second-order valence-corrected chi connectivity index (χ2v) is 6.88. The second kappa shape index (κ2) is 11.7. The first-order valence-electron chi connectivity index (χ1n) is 9.69. The summed E-state index contributed by atoms with van der Waals surface area (Å²) >= 11 is 0. The van der Waals surface area contributed by atoms with Crippen LogP contribution in [0.15, 0.2) is 42.5 Å². The maximum absolute atomic E-state index is 13.3. The van der Waals surface area contributed by atoms with E-state index in [1.54, 1.807) is 31.3 Å². The predicted molar refractivity (Wildman–Crippen MR) is 112 cm³/mol. The lowest BCUT2D eigenvalue weighted by molar-refractivity contribution is -0.159. The van der Waals surface area contributed by atoms with E-state index in [9.17, 15) is 9.18 Å². The van der Waals surface area contributed by atoms with Gasteiger partial charge in [0.1, 0.15) is 5.82 Å². The molecule has 2 aromatic rings. The third kappa shape index (κ3) is 6.95. The topological polar surface area (TPSA) is 117 Å². The van der Waals surface area contributed by atoms with Crippen molar-refractivity contribution in [1.29, 1.82) is 0 Å². The lowest BCUT2D eigenvalue weighted by Crippen LogP contribution is -2.48. The van der Waals surface area contributed by atoms with Gasteiger partial charge in [-0.25, -0.2) is 14.0 Å². The molecule has 1 fully saturated rings. The molecule has 2 aromatic carbocycles.